The molecular weight excluding hydrogens is 370 g/mol. The largest absolute Gasteiger partial charge is 0.345 e. The Morgan fingerprint density at radius 2 is 1.81 bits per heavy atom. The van der Waals surface area contributed by atoms with Gasteiger partial charge in [-0.05, 0) is 42.6 Å². The second kappa shape index (κ2) is 8.09. The van der Waals surface area contributed by atoms with Gasteiger partial charge in [0.15, 0.2) is 0 Å². The normalized spacial score (nSPS) is 11.7. The fraction of sp³-hybridized carbons (Fsp3) is 0.100. The van der Waals surface area contributed by atoms with Crippen LogP contribution >= 0.6 is 11.3 Å². The zero-order chi connectivity index (χ0) is 19.4. The van der Waals surface area contributed by atoms with Crippen molar-refractivity contribution in [2.45, 2.75) is 13.0 Å². The van der Waals surface area contributed by atoms with Gasteiger partial charge in [0.25, 0.3) is 11.8 Å². The maximum Gasteiger partial charge on any atom is 0.265 e. The molecule has 0 aliphatic heterocycles. The van der Waals surface area contributed by atoms with Crippen molar-refractivity contribution < 1.29 is 18.4 Å². The smallest absolute Gasteiger partial charge is 0.265 e. The summed E-state index contributed by atoms with van der Waals surface area (Å²) in [6, 6.07) is 12.5. The Hall–Kier alpha value is -3.06. The first-order valence-corrected chi connectivity index (χ1v) is 9.03. The Kier molecular flexibility index (Phi) is 5.61. The molecule has 0 aliphatic carbocycles. The second-order valence-corrected chi connectivity index (χ2v) is 6.82. The molecule has 1 heterocycles. The minimum absolute atomic E-state index is 0.187. The highest BCUT2D eigenvalue weighted by atomic mass is 32.1. The molecule has 0 spiro atoms. The van der Waals surface area contributed by atoms with Crippen LogP contribution in [-0.4, -0.2) is 11.8 Å². The second-order valence-electron chi connectivity index (χ2n) is 5.87. The number of hydrogen-bond donors (Lipinski definition) is 2. The highest BCUT2D eigenvalue weighted by Crippen LogP contribution is 2.19. The number of halogens is 2. The molecule has 0 aliphatic rings. The van der Waals surface area contributed by atoms with E-state index in [1.54, 1.807) is 42.6 Å². The number of carbonyl (C=O) groups excluding carboxylic acids is 2. The van der Waals surface area contributed by atoms with E-state index in [0.717, 1.165) is 12.1 Å². The van der Waals surface area contributed by atoms with Gasteiger partial charge in [0, 0.05) is 22.9 Å². The first-order chi connectivity index (χ1) is 12.9. The zero-order valence-electron chi connectivity index (χ0n) is 14.3. The van der Waals surface area contributed by atoms with Crippen LogP contribution in [0.15, 0.2) is 60.0 Å². The van der Waals surface area contributed by atoms with Crippen LogP contribution < -0.4 is 10.6 Å². The van der Waals surface area contributed by atoms with Crippen molar-refractivity contribution in [3.05, 3.63) is 87.6 Å². The van der Waals surface area contributed by atoms with E-state index >= 15 is 0 Å². The molecule has 2 aromatic carbocycles. The van der Waals surface area contributed by atoms with Crippen molar-refractivity contribution in [3.63, 3.8) is 0 Å². The Bertz CT molecular complexity index is 974. The van der Waals surface area contributed by atoms with Gasteiger partial charge in [0.2, 0.25) is 0 Å². The summed E-state index contributed by atoms with van der Waals surface area (Å²) in [7, 11) is 0. The number of amides is 2. The van der Waals surface area contributed by atoms with Crippen molar-refractivity contribution >= 4 is 28.8 Å². The quantitative estimate of drug-likeness (QED) is 0.664. The van der Waals surface area contributed by atoms with Crippen molar-refractivity contribution in [1.82, 2.24) is 5.32 Å². The van der Waals surface area contributed by atoms with Gasteiger partial charge in [-0.25, -0.2) is 8.78 Å². The molecule has 0 bridgehead atoms. The van der Waals surface area contributed by atoms with Gasteiger partial charge in [0.05, 0.1) is 10.9 Å². The summed E-state index contributed by atoms with van der Waals surface area (Å²) in [5.74, 6) is -2.09. The molecule has 3 rings (SSSR count). The number of thiophene rings is 1. The van der Waals surface area contributed by atoms with E-state index in [1.165, 1.54) is 23.5 Å². The van der Waals surface area contributed by atoms with E-state index in [2.05, 4.69) is 10.6 Å². The molecule has 0 unspecified atom stereocenters. The molecule has 1 aromatic heterocycles. The highest BCUT2D eigenvalue weighted by molar-refractivity contribution is 7.12. The standard InChI is InChI=1S/C20H16F2N2O2S/c1-12(16-8-7-14(21)11-17(16)22)23-19(25)13-4-2-5-15(10-13)24-20(26)18-6-3-9-27-18/h2-12H,1H3,(H,23,25)(H,24,26)/t12-/m0/s1. The van der Waals surface area contributed by atoms with Gasteiger partial charge in [-0.3, -0.25) is 9.59 Å². The number of hydrogen-bond acceptors (Lipinski definition) is 3. The van der Waals surface area contributed by atoms with Crippen LogP contribution in [0.3, 0.4) is 0 Å². The molecule has 1 atom stereocenters. The molecule has 0 saturated heterocycles. The lowest BCUT2D eigenvalue weighted by atomic mass is 10.1. The van der Waals surface area contributed by atoms with E-state index in [9.17, 15) is 18.4 Å². The molecule has 2 N–H and O–H groups in total. The monoisotopic (exact) mass is 386 g/mol. The average Bonchev–Trinajstić information content (AvgIpc) is 3.16. The van der Waals surface area contributed by atoms with E-state index < -0.39 is 23.6 Å². The summed E-state index contributed by atoms with van der Waals surface area (Å²) in [5.41, 5.74) is 0.974. The van der Waals surface area contributed by atoms with Crippen molar-refractivity contribution in [2.75, 3.05) is 5.32 Å². The third-order valence-corrected chi connectivity index (χ3v) is 4.77. The van der Waals surface area contributed by atoms with Crippen molar-refractivity contribution in [1.29, 1.82) is 0 Å². The van der Waals surface area contributed by atoms with Gasteiger partial charge in [-0.2, -0.15) is 0 Å². The predicted octanol–water partition coefficient (Wildman–Crippen LogP) is 4.77. The van der Waals surface area contributed by atoms with Gasteiger partial charge in [0.1, 0.15) is 11.6 Å². The SMILES string of the molecule is C[C@H](NC(=O)c1cccc(NC(=O)c2cccs2)c1)c1ccc(F)cc1F. The summed E-state index contributed by atoms with van der Waals surface area (Å²) in [4.78, 5) is 25.1. The number of anilines is 1. The molecule has 2 amide bonds. The average molecular weight is 386 g/mol. The minimum Gasteiger partial charge on any atom is -0.345 e. The lowest BCUT2D eigenvalue weighted by molar-refractivity contribution is 0.0938. The van der Waals surface area contributed by atoms with Crippen LogP contribution in [0, 0.1) is 11.6 Å². The van der Waals surface area contributed by atoms with Crippen LogP contribution in [-0.2, 0) is 0 Å². The van der Waals surface area contributed by atoms with Crippen LogP contribution in [0.1, 0.15) is 38.6 Å². The Balaban J connectivity index is 1.70. The summed E-state index contributed by atoms with van der Waals surface area (Å²) < 4.78 is 26.9. The Labute approximate surface area is 158 Å². The summed E-state index contributed by atoms with van der Waals surface area (Å²) in [6.07, 6.45) is 0. The lowest BCUT2D eigenvalue weighted by Gasteiger charge is -2.15. The minimum atomic E-state index is -0.722. The molecule has 138 valence electrons. The third-order valence-electron chi connectivity index (χ3n) is 3.90. The van der Waals surface area contributed by atoms with E-state index in [-0.39, 0.29) is 11.5 Å². The van der Waals surface area contributed by atoms with Gasteiger partial charge in [-0.1, -0.05) is 18.2 Å². The molecule has 0 saturated carbocycles. The van der Waals surface area contributed by atoms with E-state index in [1.807, 2.05) is 0 Å². The first kappa shape index (κ1) is 18.7. The molecule has 3 aromatic rings. The fourth-order valence-corrected chi connectivity index (χ4v) is 3.17. The van der Waals surface area contributed by atoms with Crippen molar-refractivity contribution in [2.24, 2.45) is 0 Å². The molecule has 27 heavy (non-hydrogen) atoms. The maximum absolute atomic E-state index is 13.9. The highest BCUT2D eigenvalue weighted by Gasteiger charge is 2.16. The number of rotatable bonds is 5. The van der Waals surface area contributed by atoms with E-state index in [4.69, 9.17) is 0 Å². The fourth-order valence-electron chi connectivity index (χ4n) is 2.55. The predicted molar refractivity (Wildman–Crippen MR) is 101 cm³/mol. The van der Waals surface area contributed by atoms with Gasteiger partial charge < -0.3 is 10.6 Å². The number of nitrogens with one attached hydrogen (secondary N) is 2. The molecule has 0 radical (unpaired) electrons. The summed E-state index contributed by atoms with van der Waals surface area (Å²) >= 11 is 1.32. The first-order valence-electron chi connectivity index (χ1n) is 8.15. The summed E-state index contributed by atoms with van der Waals surface area (Å²) in [5, 5.41) is 7.20. The van der Waals surface area contributed by atoms with Gasteiger partial charge >= 0.3 is 0 Å². The van der Waals surface area contributed by atoms with E-state index in [0.29, 0.717) is 16.1 Å². The van der Waals surface area contributed by atoms with Crippen LogP contribution in [0.4, 0.5) is 14.5 Å². The maximum atomic E-state index is 13.9. The Morgan fingerprint density at radius 3 is 2.52 bits per heavy atom. The zero-order valence-corrected chi connectivity index (χ0v) is 15.1. The van der Waals surface area contributed by atoms with Crippen LogP contribution in [0.25, 0.3) is 0 Å². The molecule has 7 heteroatoms. The van der Waals surface area contributed by atoms with Crippen LogP contribution in [0.5, 0.6) is 0 Å². The Morgan fingerprint density at radius 1 is 1.00 bits per heavy atom. The van der Waals surface area contributed by atoms with Crippen LogP contribution in [0.2, 0.25) is 0 Å². The number of carbonyl (C=O) groups is 2. The number of benzene rings is 2. The van der Waals surface area contributed by atoms with Crippen molar-refractivity contribution in [3.8, 4) is 0 Å². The topological polar surface area (TPSA) is 58.2 Å². The van der Waals surface area contributed by atoms with Gasteiger partial charge in [-0.15, -0.1) is 11.3 Å². The molecule has 0 fully saturated rings. The lowest BCUT2D eigenvalue weighted by Crippen LogP contribution is -2.27. The molecular formula is C20H16F2N2O2S. The summed E-state index contributed by atoms with van der Waals surface area (Å²) in [6.45, 7) is 1.61. The third kappa shape index (κ3) is 4.57. The molecule has 4 nitrogen and oxygen atoms in total.